The quantitative estimate of drug-likeness (QED) is 0.687. The molecule has 0 amide bonds. The number of aliphatic hydroxyl groups excluding tert-OH is 1. The number of hydrogen-bond donors (Lipinski definition) is 1. The minimum atomic E-state index is -0.148. The van der Waals surface area contributed by atoms with E-state index >= 15 is 0 Å². The first kappa shape index (κ1) is 7.76. The fraction of sp³-hybridized carbons (Fsp3) is 0.625. The number of rotatable bonds is 2. The predicted octanol–water partition coefficient (Wildman–Crippen LogP) is 0.241. The molecular formula is C8H12N2O2. The summed E-state index contributed by atoms with van der Waals surface area (Å²) in [5.41, 5.74) is 1.07. The highest BCUT2D eigenvalue weighted by atomic mass is 16.5. The summed E-state index contributed by atoms with van der Waals surface area (Å²) >= 11 is 0. The molecule has 0 unspecified atom stereocenters. The lowest BCUT2D eigenvalue weighted by molar-refractivity contribution is 0.174. The van der Waals surface area contributed by atoms with Crippen molar-refractivity contribution in [2.24, 2.45) is 0 Å². The Bertz CT molecular complexity index is 235. The van der Waals surface area contributed by atoms with Crippen molar-refractivity contribution in [1.29, 1.82) is 0 Å². The lowest BCUT2D eigenvalue weighted by Crippen LogP contribution is -2.21. The summed E-state index contributed by atoms with van der Waals surface area (Å²) in [6.45, 7) is 2.57. The van der Waals surface area contributed by atoms with Gasteiger partial charge in [-0.25, -0.2) is 0 Å². The smallest absolute Gasteiger partial charge is 0.128 e. The Labute approximate surface area is 70.8 Å². The van der Waals surface area contributed by atoms with Crippen molar-refractivity contribution in [2.75, 3.05) is 13.1 Å². The molecular weight excluding hydrogens is 156 g/mol. The molecule has 1 aromatic rings. The summed E-state index contributed by atoms with van der Waals surface area (Å²) < 4.78 is 4.71. The predicted molar refractivity (Wildman–Crippen MR) is 42.4 cm³/mol. The van der Waals surface area contributed by atoms with Crippen molar-refractivity contribution in [3.63, 3.8) is 0 Å². The third kappa shape index (κ3) is 1.65. The third-order valence-corrected chi connectivity index (χ3v) is 2.14. The van der Waals surface area contributed by atoms with Crippen LogP contribution in [0.3, 0.4) is 0 Å². The summed E-state index contributed by atoms with van der Waals surface area (Å²) in [4.78, 5) is 2.19. The molecule has 0 radical (unpaired) electrons. The summed E-state index contributed by atoms with van der Waals surface area (Å²) in [5.74, 6) is 0. The zero-order valence-electron chi connectivity index (χ0n) is 6.81. The van der Waals surface area contributed by atoms with Gasteiger partial charge in [0.2, 0.25) is 0 Å². The molecule has 4 nitrogen and oxygen atoms in total. The molecule has 1 aliphatic rings. The van der Waals surface area contributed by atoms with Crippen molar-refractivity contribution in [3.05, 3.63) is 18.0 Å². The standard InChI is InChI=1S/C8H12N2O2/c11-8-1-2-10(5-8)4-7-3-9-12-6-7/h3,6,8,11H,1-2,4-5H2/t8-/m0/s1. The molecule has 0 bridgehead atoms. The molecule has 12 heavy (non-hydrogen) atoms. The largest absolute Gasteiger partial charge is 0.392 e. The minimum Gasteiger partial charge on any atom is -0.392 e. The highest BCUT2D eigenvalue weighted by molar-refractivity contribution is 5.00. The Hall–Kier alpha value is -0.870. The average molecular weight is 168 g/mol. The topological polar surface area (TPSA) is 49.5 Å². The van der Waals surface area contributed by atoms with E-state index in [1.165, 1.54) is 0 Å². The zero-order valence-corrected chi connectivity index (χ0v) is 6.81. The lowest BCUT2D eigenvalue weighted by Gasteiger charge is -2.12. The Kier molecular flexibility index (Phi) is 2.10. The Morgan fingerprint density at radius 3 is 3.25 bits per heavy atom. The van der Waals surface area contributed by atoms with E-state index in [0.29, 0.717) is 0 Å². The van der Waals surface area contributed by atoms with Crippen LogP contribution in [0.2, 0.25) is 0 Å². The van der Waals surface area contributed by atoms with E-state index in [1.807, 2.05) is 0 Å². The summed E-state index contributed by atoms with van der Waals surface area (Å²) in [7, 11) is 0. The second-order valence-electron chi connectivity index (χ2n) is 3.21. The van der Waals surface area contributed by atoms with Crippen LogP contribution in [0.15, 0.2) is 17.0 Å². The van der Waals surface area contributed by atoms with E-state index in [-0.39, 0.29) is 6.10 Å². The van der Waals surface area contributed by atoms with Crippen LogP contribution in [0.5, 0.6) is 0 Å². The van der Waals surface area contributed by atoms with Crippen LogP contribution < -0.4 is 0 Å². The van der Waals surface area contributed by atoms with Gasteiger partial charge >= 0.3 is 0 Å². The molecule has 1 aliphatic heterocycles. The van der Waals surface area contributed by atoms with E-state index in [2.05, 4.69) is 10.1 Å². The first-order valence-corrected chi connectivity index (χ1v) is 4.13. The Balaban J connectivity index is 1.88. The maximum absolute atomic E-state index is 9.25. The fourth-order valence-corrected chi connectivity index (χ4v) is 1.52. The van der Waals surface area contributed by atoms with Gasteiger partial charge in [0.05, 0.1) is 12.3 Å². The van der Waals surface area contributed by atoms with Crippen LogP contribution in [-0.2, 0) is 6.54 Å². The van der Waals surface area contributed by atoms with Gasteiger partial charge in [-0.2, -0.15) is 0 Å². The van der Waals surface area contributed by atoms with Gasteiger partial charge in [-0.15, -0.1) is 0 Å². The third-order valence-electron chi connectivity index (χ3n) is 2.14. The molecule has 2 rings (SSSR count). The number of hydrogen-bond acceptors (Lipinski definition) is 4. The molecule has 1 atom stereocenters. The van der Waals surface area contributed by atoms with Crippen molar-refractivity contribution in [1.82, 2.24) is 10.1 Å². The van der Waals surface area contributed by atoms with Gasteiger partial charge in [0.25, 0.3) is 0 Å². The maximum Gasteiger partial charge on any atom is 0.128 e. The molecule has 1 fully saturated rings. The Morgan fingerprint density at radius 2 is 2.67 bits per heavy atom. The monoisotopic (exact) mass is 168 g/mol. The molecule has 4 heteroatoms. The van der Waals surface area contributed by atoms with Crippen LogP contribution in [0.1, 0.15) is 12.0 Å². The lowest BCUT2D eigenvalue weighted by atomic mass is 10.3. The molecule has 0 saturated carbocycles. The average Bonchev–Trinajstić information content (AvgIpc) is 2.63. The number of likely N-dealkylation sites (tertiary alicyclic amines) is 1. The molecule has 66 valence electrons. The Morgan fingerprint density at radius 1 is 1.75 bits per heavy atom. The number of nitrogens with zero attached hydrogens (tertiary/aromatic N) is 2. The molecule has 1 aromatic heterocycles. The van der Waals surface area contributed by atoms with E-state index in [9.17, 15) is 5.11 Å². The highest BCUT2D eigenvalue weighted by Crippen LogP contribution is 2.12. The fourth-order valence-electron chi connectivity index (χ4n) is 1.52. The van der Waals surface area contributed by atoms with Crippen LogP contribution in [0.4, 0.5) is 0 Å². The summed E-state index contributed by atoms with van der Waals surface area (Å²) in [6, 6.07) is 0. The van der Waals surface area contributed by atoms with Gasteiger partial charge in [-0.05, 0) is 6.42 Å². The molecule has 1 saturated heterocycles. The van der Waals surface area contributed by atoms with E-state index in [0.717, 1.165) is 31.6 Å². The molecule has 0 aromatic carbocycles. The van der Waals surface area contributed by atoms with E-state index in [1.54, 1.807) is 12.5 Å². The van der Waals surface area contributed by atoms with Gasteiger partial charge in [0, 0.05) is 25.2 Å². The van der Waals surface area contributed by atoms with Crippen molar-refractivity contribution in [3.8, 4) is 0 Å². The number of β-amino-alcohol motifs (C(OH)–C–C–N with tert-alkyl or cyclic N) is 1. The van der Waals surface area contributed by atoms with Crippen LogP contribution in [0, 0.1) is 0 Å². The van der Waals surface area contributed by atoms with Crippen LogP contribution in [0.25, 0.3) is 0 Å². The molecule has 0 spiro atoms. The normalized spacial score (nSPS) is 24.9. The van der Waals surface area contributed by atoms with E-state index in [4.69, 9.17) is 4.52 Å². The van der Waals surface area contributed by atoms with E-state index < -0.39 is 0 Å². The first-order chi connectivity index (χ1) is 5.84. The molecule has 1 N–H and O–H groups in total. The van der Waals surface area contributed by atoms with Gasteiger partial charge in [-0.3, -0.25) is 4.90 Å². The maximum atomic E-state index is 9.25. The van der Waals surface area contributed by atoms with Crippen LogP contribution >= 0.6 is 0 Å². The number of aromatic nitrogens is 1. The molecule has 0 aliphatic carbocycles. The zero-order chi connectivity index (χ0) is 8.39. The highest BCUT2D eigenvalue weighted by Gasteiger charge is 2.20. The second-order valence-corrected chi connectivity index (χ2v) is 3.21. The first-order valence-electron chi connectivity index (χ1n) is 4.13. The van der Waals surface area contributed by atoms with Gasteiger partial charge in [0.1, 0.15) is 6.26 Å². The summed E-state index contributed by atoms with van der Waals surface area (Å²) in [5, 5.41) is 12.9. The second kappa shape index (κ2) is 3.25. The van der Waals surface area contributed by atoms with Gasteiger partial charge in [-0.1, -0.05) is 5.16 Å². The summed E-state index contributed by atoms with van der Waals surface area (Å²) in [6.07, 6.45) is 4.09. The van der Waals surface area contributed by atoms with Gasteiger partial charge < -0.3 is 9.63 Å². The van der Waals surface area contributed by atoms with Crippen molar-refractivity contribution < 1.29 is 9.63 Å². The van der Waals surface area contributed by atoms with Gasteiger partial charge in [0.15, 0.2) is 0 Å². The van der Waals surface area contributed by atoms with Crippen molar-refractivity contribution in [2.45, 2.75) is 19.1 Å². The molecule has 2 heterocycles. The SMILES string of the molecule is O[C@H]1CCN(Cc2cnoc2)C1. The number of aliphatic hydroxyl groups is 1. The van der Waals surface area contributed by atoms with Crippen LogP contribution in [-0.4, -0.2) is 34.4 Å². The minimum absolute atomic E-state index is 0.148. The van der Waals surface area contributed by atoms with Crippen molar-refractivity contribution >= 4 is 0 Å².